The number of carbonyl (C=O) groups excluding carboxylic acids is 1. The molecule has 2 aromatic rings. The first-order valence-corrected chi connectivity index (χ1v) is 9.31. The molecule has 0 fully saturated rings. The Morgan fingerprint density at radius 2 is 1.86 bits per heavy atom. The van der Waals surface area contributed by atoms with Crippen LogP contribution in [0.5, 0.6) is 5.75 Å². The lowest BCUT2D eigenvalue weighted by atomic mass is 10.2. The molecule has 6 nitrogen and oxygen atoms in total. The highest BCUT2D eigenvalue weighted by Crippen LogP contribution is 2.30. The maximum absolute atomic E-state index is 12.3. The van der Waals surface area contributed by atoms with Gasteiger partial charge in [-0.15, -0.1) is 24.5 Å². The first-order valence-electron chi connectivity index (χ1n) is 8.49. The number of amides is 1. The lowest BCUT2D eigenvalue weighted by molar-refractivity contribution is -0.274. The smallest absolute Gasteiger partial charge is 0.481 e. The second-order valence-electron chi connectivity index (χ2n) is 5.97. The van der Waals surface area contributed by atoms with Gasteiger partial charge in [0.2, 0.25) is 0 Å². The van der Waals surface area contributed by atoms with E-state index in [1.165, 1.54) is 24.3 Å². The number of carbonyl (C=O) groups is 2. The number of thiazole rings is 1. The van der Waals surface area contributed by atoms with Crippen molar-refractivity contribution >= 4 is 23.2 Å². The van der Waals surface area contributed by atoms with E-state index >= 15 is 0 Å². The number of halogens is 3. The van der Waals surface area contributed by atoms with Gasteiger partial charge in [0.25, 0.3) is 5.91 Å². The number of ether oxygens (including phenoxy) is 1. The molecule has 0 saturated carbocycles. The molecule has 0 radical (unpaired) electrons. The van der Waals surface area contributed by atoms with E-state index in [-0.39, 0.29) is 18.1 Å². The number of hydrogen-bond donors (Lipinski definition) is 2. The molecule has 1 amide bonds. The average Bonchev–Trinajstić information content (AvgIpc) is 2.98. The van der Waals surface area contributed by atoms with Gasteiger partial charge in [0.05, 0.1) is 5.69 Å². The van der Waals surface area contributed by atoms with Gasteiger partial charge in [-0.25, -0.2) is 4.98 Å². The van der Waals surface area contributed by atoms with Crippen LogP contribution in [0.15, 0.2) is 24.3 Å². The number of unbranched alkanes of at least 4 members (excludes halogenated alkanes) is 2. The molecule has 1 aromatic carbocycles. The molecule has 2 rings (SSSR count). The molecule has 2 N–H and O–H groups in total. The molecule has 0 aliphatic rings. The molecule has 152 valence electrons. The lowest BCUT2D eigenvalue weighted by Gasteiger charge is -2.08. The van der Waals surface area contributed by atoms with Crippen LogP contribution in [0.4, 0.5) is 13.2 Å². The second kappa shape index (κ2) is 9.54. The van der Waals surface area contributed by atoms with Crippen molar-refractivity contribution in [2.75, 3.05) is 6.54 Å². The Bertz CT molecular complexity index is 819. The Balaban J connectivity index is 1.93. The van der Waals surface area contributed by atoms with Gasteiger partial charge in [-0.3, -0.25) is 9.59 Å². The second-order valence-corrected chi connectivity index (χ2v) is 6.97. The van der Waals surface area contributed by atoms with E-state index in [4.69, 9.17) is 5.11 Å². The number of carboxylic acid groups (broad SMARTS) is 1. The minimum Gasteiger partial charge on any atom is -0.481 e. The van der Waals surface area contributed by atoms with Crippen LogP contribution in [0, 0.1) is 6.92 Å². The van der Waals surface area contributed by atoms with Gasteiger partial charge in [-0.1, -0.05) is 6.42 Å². The minimum atomic E-state index is -4.75. The summed E-state index contributed by atoms with van der Waals surface area (Å²) in [5.74, 6) is -1.45. The van der Waals surface area contributed by atoms with Gasteiger partial charge >= 0.3 is 12.3 Å². The normalized spacial score (nSPS) is 11.3. The van der Waals surface area contributed by atoms with Crippen LogP contribution in [-0.4, -0.2) is 34.9 Å². The van der Waals surface area contributed by atoms with E-state index in [1.807, 2.05) is 0 Å². The third-order valence-electron chi connectivity index (χ3n) is 3.69. The van der Waals surface area contributed by atoms with E-state index in [0.29, 0.717) is 46.9 Å². The highest BCUT2D eigenvalue weighted by Gasteiger charge is 2.31. The van der Waals surface area contributed by atoms with Crippen LogP contribution in [-0.2, 0) is 4.79 Å². The van der Waals surface area contributed by atoms with Crippen LogP contribution < -0.4 is 10.1 Å². The quantitative estimate of drug-likeness (QED) is 0.592. The first kappa shape index (κ1) is 21.7. The number of aromatic nitrogens is 1. The highest BCUT2D eigenvalue weighted by atomic mass is 32.1. The zero-order valence-electron chi connectivity index (χ0n) is 15.0. The van der Waals surface area contributed by atoms with Crippen molar-refractivity contribution in [2.24, 2.45) is 0 Å². The third kappa shape index (κ3) is 6.84. The van der Waals surface area contributed by atoms with E-state index < -0.39 is 12.3 Å². The molecule has 0 spiro atoms. The molecule has 0 aliphatic heterocycles. The van der Waals surface area contributed by atoms with E-state index in [2.05, 4.69) is 15.0 Å². The summed E-state index contributed by atoms with van der Waals surface area (Å²) in [6.07, 6.45) is -2.71. The maximum Gasteiger partial charge on any atom is 0.573 e. The van der Waals surface area contributed by atoms with Gasteiger partial charge in [-0.2, -0.15) is 0 Å². The maximum atomic E-state index is 12.3. The van der Waals surface area contributed by atoms with Gasteiger partial charge in [0, 0.05) is 18.5 Å². The number of nitrogens with zero attached hydrogens (tertiary/aromatic N) is 1. The molecule has 0 bridgehead atoms. The lowest BCUT2D eigenvalue weighted by Crippen LogP contribution is -2.24. The topological polar surface area (TPSA) is 88.5 Å². The molecule has 0 aliphatic carbocycles. The number of aliphatic carboxylic acids is 1. The zero-order valence-corrected chi connectivity index (χ0v) is 15.8. The molecule has 28 heavy (non-hydrogen) atoms. The molecule has 1 heterocycles. The van der Waals surface area contributed by atoms with Crippen LogP contribution in [0.2, 0.25) is 0 Å². The number of benzene rings is 1. The number of hydrogen-bond acceptors (Lipinski definition) is 5. The molecule has 1 aromatic heterocycles. The SMILES string of the molecule is Cc1nc(-c2ccc(OC(F)(F)F)cc2)sc1C(=O)NCCCCCC(=O)O. The Labute approximate surface area is 163 Å². The molecule has 0 atom stereocenters. The first-order chi connectivity index (χ1) is 13.2. The summed E-state index contributed by atoms with van der Waals surface area (Å²) in [4.78, 5) is 27.5. The van der Waals surface area contributed by atoms with Crippen molar-refractivity contribution in [1.82, 2.24) is 10.3 Å². The van der Waals surface area contributed by atoms with Crippen LogP contribution >= 0.6 is 11.3 Å². The fourth-order valence-electron chi connectivity index (χ4n) is 2.39. The number of rotatable bonds is 9. The molecule has 0 saturated heterocycles. The van der Waals surface area contributed by atoms with E-state index in [9.17, 15) is 22.8 Å². The number of aryl methyl sites for hydroxylation is 1. The van der Waals surface area contributed by atoms with Gasteiger partial charge in [0.15, 0.2) is 0 Å². The number of nitrogens with one attached hydrogen (secondary N) is 1. The molecular formula is C18H19F3N2O4S. The fraction of sp³-hybridized carbons (Fsp3) is 0.389. The van der Waals surface area contributed by atoms with Crippen molar-refractivity contribution in [3.05, 3.63) is 34.8 Å². The summed E-state index contributed by atoms with van der Waals surface area (Å²) in [6.45, 7) is 2.11. The Hall–Kier alpha value is -2.62. The van der Waals surface area contributed by atoms with Gasteiger partial charge in [-0.05, 0) is 44.0 Å². The summed E-state index contributed by atoms with van der Waals surface area (Å²) < 4.78 is 40.5. The summed E-state index contributed by atoms with van der Waals surface area (Å²) in [6, 6.07) is 5.28. The fourth-order valence-corrected chi connectivity index (χ4v) is 3.38. The minimum absolute atomic E-state index is 0.109. The van der Waals surface area contributed by atoms with E-state index in [0.717, 1.165) is 11.3 Å². The number of alkyl halides is 3. The Kier molecular flexibility index (Phi) is 7.38. The molecular weight excluding hydrogens is 397 g/mol. The number of carboxylic acids is 1. The predicted octanol–water partition coefficient (Wildman–Crippen LogP) is 4.39. The van der Waals surface area contributed by atoms with Gasteiger partial charge in [0.1, 0.15) is 15.6 Å². The van der Waals surface area contributed by atoms with Crippen LogP contribution in [0.25, 0.3) is 10.6 Å². The van der Waals surface area contributed by atoms with Crippen LogP contribution in [0.3, 0.4) is 0 Å². The average molecular weight is 416 g/mol. The predicted molar refractivity (Wildman–Crippen MR) is 97.4 cm³/mol. The molecule has 10 heteroatoms. The third-order valence-corrected chi connectivity index (χ3v) is 4.90. The van der Waals surface area contributed by atoms with Crippen molar-refractivity contribution in [3.63, 3.8) is 0 Å². The van der Waals surface area contributed by atoms with E-state index in [1.54, 1.807) is 6.92 Å². The Morgan fingerprint density at radius 1 is 1.18 bits per heavy atom. The molecule has 0 unspecified atom stereocenters. The summed E-state index contributed by atoms with van der Waals surface area (Å²) in [5, 5.41) is 11.8. The van der Waals surface area contributed by atoms with Crippen LogP contribution in [0.1, 0.15) is 41.0 Å². The largest absolute Gasteiger partial charge is 0.573 e. The summed E-state index contributed by atoms with van der Waals surface area (Å²) in [5.41, 5.74) is 1.11. The highest BCUT2D eigenvalue weighted by molar-refractivity contribution is 7.17. The van der Waals surface area contributed by atoms with Gasteiger partial charge < -0.3 is 15.2 Å². The zero-order chi connectivity index (χ0) is 20.7. The monoisotopic (exact) mass is 416 g/mol. The van der Waals surface area contributed by atoms with Crippen molar-refractivity contribution in [3.8, 4) is 16.3 Å². The van der Waals surface area contributed by atoms with Crippen molar-refractivity contribution < 1.29 is 32.6 Å². The Morgan fingerprint density at radius 3 is 2.46 bits per heavy atom. The summed E-state index contributed by atoms with van der Waals surface area (Å²) in [7, 11) is 0. The standard InChI is InChI=1S/C18H19F3N2O4S/c1-11-15(16(26)22-10-4-2-3-5-14(24)25)28-17(23-11)12-6-8-13(9-7-12)27-18(19,20)21/h6-9H,2-5,10H2,1H3,(H,22,26)(H,24,25). The van der Waals surface area contributed by atoms with Crippen molar-refractivity contribution in [2.45, 2.75) is 39.0 Å². The summed E-state index contributed by atoms with van der Waals surface area (Å²) >= 11 is 1.15. The van der Waals surface area contributed by atoms with Crippen molar-refractivity contribution in [1.29, 1.82) is 0 Å².